The number of pyridine rings is 1. The predicted molar refractivity (Wildman–Crippen MR) is 51.2 cm³/mol. The Bertz CT molecular complexity index is 316. The van der Waals surface area contributed by atoms with Gasteiger partial charge in [-0.15, -0.1) is 0 Å². The first kappa shape index (κ1) is 8.78. The Hall–Kier alpha value is -0.800. The van der Waals surface area contributed by atoms with E-state index in [0.29, 0.717) is 11.8 Å². The molecule has 1 unspecified atom stereocenters. The zero-order valence-corrected chi connectivity index (χ0v) is 8.14. The van der Waals surface area contributed by atoms with Crippen LogP contribution in [0.4, 0.5) is 0 Å². The topological polar surface area (TPSA) is 34.1 Å². The first-order chi connectivity index (χ1) is 6.29. The fourth-order valence-corrected chi connectivity index (χ4v) is 1.80. The van der Waals surface area contributed by atoms with Gasteiger partial charge in [0.25, 0.3) is 0 Å². The highest BCUT2D eigenvalue weighted by molar-refractivity contribution is 6.30. The van der Waals surface area contributed by atoms with Gasteiger partial charge in [0.1, 0.15) is 17.5 Å². The van der Waals surface area contributed by atoms with Gasteiger partial charge in [-0.05, 0) is 13.0 Å². The Kier molecular flexibility index (Phi) is 2.38. The molecule has 0 aromatic carbocycles. The normalized spacial score (nSPS) is 21.5. The molecule has 1 aliphatic heterocycles. The summed E-state index contributed by atoms with van der Waals surface area (Å²) in [4.78, 5) is 4.03. The van der Waals surface area contributed by atoms with E-state index in [0.717, 1.165) is 17.9 Å². The summed E-state index contributed by atoms with van der Waals surface area (Å²) >= 11 is 5.98. The fourth-order valence-electron chi connectivity index (χ4n) is 1.49. The van der Waals surface area contributed by atoms with E-state index in [1.807, 2.05) is 6.07 Å². The Morgan fingerprint density at radius 1 is 1.69 bits per heavy atom. The van der Waals surface area contributed by atoms with Crippen LogP contribution in [0.1, 0.15) is 18.5 Å². The van der Waals surface area contributed by atoms with Crippen molar-refractivity contribution in [3.63, 3.8) is 0 Å². The van der Waals surface area contributed by atoms with Crippen LogP contribution in [0.2, 0.25) is 5.15 Å². The number of rotatable bonds is 0. The number of ether oxygens (including phenoxy) is 1. The summed E-state index contributed by atoms with van der Waals surface area (Å²) in [7, 11) is 0. The molecule has 0 radical (unpaired) electrons. The maximum Gasteiger partial charge on any atom is 0.137 e. The largest absolute Gasteiger partial charge is 0.492 e. The van der Waals surface area contributed by atoms with E-state index in [9.17, 15) is 0 Å². The van der Waals surface area contributed by atoms with Crippen LogP contribution < -0.4 is 10.1 Å². The molecule has 0 bridgehead atoms. The van der Waals surface area contributed by atoms with Gasteiger partial charge >= 0.3 is 0 Å². The van der Waals surface area contributed by atoms with Crippen LogP contribution in [-0.2, 0) is 0 Å². The molecular formula is C9H11ClN2O. The molecule has 0 spiro atoms. The maximum atomic E-state index is 5.98. The van der Waals surface area contributed by atoms with E-state index in [1.165, 1.54) is 0 Å². The lowest BCUT2D eigenvalue weighted by Crippen LogP contribution is -2.20. The third kappa shape index (κ3) is 1.62. The molecule has 1 N–H and O–H groups in total. The van der Waals surface area contributed by atoms with Crippen molar-refractivity contribution in [3.05, 3.63) is 23.0 Å². The first-order valence-electron chi connectivity index (χ1n) is 4.29. The lowest BCUT2D eigenvalue weighted by molar-refractivity contribution is 0.324. The summed E-state index contributed by atoms with van der Waals surface area (Å²) in [5, 5.41) is 3.82. The third-order valence-corrected chi connectivity index (χ3v) is 2.45. The number of hydrogen-bond acceptors (Lipinski definition) is 3. The lowest BCUT2D eigenvalue weighted by atomic mass is 10.1. The highest BCUT2D eigenvalue weighted by Gasteiger charge is 2.18. The zero-order chi connectivity index (χ0) is 9.26. The van der Waals surface area contributed by atoms with Crippen molar-refractivity contribution in [3.8, 4) is 5.75 Å². The molecule has 3 nitrogen and oxygen atoms in total. The number of fused-ring (bicyclic) bond motifs is 1. The standard InChI is InChI=1S/C9H11ClN2O/c1-6-8-7(13-5-4-11-6)2-3-12-9(8)10/h2-3,6,11H,4-5H2,1H3. The summed E-state index contributed by atoms with van der Waals surface area (Å²) in [6.07, 6.45) is 1.67. The first-order valence-corrected chi connectivity index (χ1v) is 4.67. The van der Waals surface area contributed by atoms with Crippen molar-refractivity contribution in [2.45, 2.75) is 13.0 Å². The van der Waals surface area contributed by atoms with Crippen LogP contribution in [0.5, 0.6) is 5.75 Å². The minimum absolute atomic E-state index is 0.207. The van der Waals surface area contributed by atoms with E-state index >= 15 is 0 Å². The smallest absolute Gasteiger partial charge is 0.137 e. The quantitative estimate of drug-likeness (QED) is 0.646. The van der Waals surface area contributed by atoms with Gasteiger partial charge in [0.15, 0.2) is 0 Å². The van der Waals surface area contributed by atoms with Crippen LogP contribution in [0.3, 0.4) is 0 Å². The van der Waals surface area contributed by atoms with Crippen LogP contribution in [0.25, 0.3) is 0 Å². The Balaban J connectivity index is 2.48. The molecule has 13 heavy (non-hydrogen) atoms. The summed E-state index contributed by atoms with van der Waals surface area (Å²) in [5.41, 5.74) is 0.960. The van der Waals surface area contributed by atoms with E-state index in [4.69, 9.17) is 16.3 Å². The average Bonchev–Trinajstić information content (AvgIpc) is 2.29. The second kappa shape index (κ2) is 3.52. The molecule has 1 atom stereocenters. The summed E-state index contributed by atoms with van der Waals surface area (Å²) < 4.78 is 5.51. The molecule has 0 fully saturated rings. The monoisotopic (exact) mass is 198 g/mol. The van der Waals surface area contributed by atoms with Gasteiger partial charge in [-0.1, -0.05) is 11.6 Å². The molecular weight excluding hydrogens is 188 g/mol. The predicted octanol–water partition coefficient (Wildman–Crippen LogP) is 1.78. The molecule has 1 aromatic heterocycles. The number of aromatic nitrogens is 1. The number of hydrogen-bond donors (Lipinski definition) is 1. The van der Waals surface area contributed by atoms with Crippen LogP contribution >= 0.6 is 11.6 Å². The molecule has 70 valence electrons. The third-order valence-electron chi connectivity index (χ3n) is 2.14. The van der Waals surface area contributed by atoms with Crippen molar-refractivity contribution in [2.75, 3.05) is 13.2 Å². The summed E-state index contributed by atoms with van der Waals surface area (Å²) in [6.45, 7) is 3.57. The van der Waals surface area contributed by atoms with E-state index in [2.05, 4.69) is 17.2 Å². The van der Waals surface area contributed by atoms with E-state index < -0.39 is 0 Å². The lowest BCUT2D eigenvalue weighted by Gasteiger charge is -2.12. The molecule has 2 rings (SSSR count). The van der Waals surface area contributed by atoms with Crippen molar-refractivity contribution in [1.82, 2.24) is 10.3 Å². The van der Waals surface area contributed by atoms with Crippen LogP contribution in [0, 0.1) is 0 Å². The highest BCUT2D eigenvalue weighted by Crippen LogP contribution is 2.31. The molecule has 0 aliphatic carbocycles. The highest BCUT2D eigenvalue weighted by atomic mass is 35.5. The Labute approximate surface area is 82.1 Å². The van der Waals surface area contributed by atoms with Crippen LogP contribution in [-0.4, -0.2) is 18.1 Å². The van der Waals surface area contributed by atoms with Gasteiger partial charge in [0.05, 0.1) is 0 Å². The van der Waals surface area contributed by atoms with Gasteiger partial charge in [-0.2, -0.15) is 0 Å². The minimum atomic E-state index is 0.207. The molecule has 0 saturated heterocycles. The number of nitrogens with one attached hydrogen (secondary N) is 1. The Morgan fingerprint density at radius 2 is 2.54 bits per heavy atom. The minimum Gasteiger partial charge on any atom is -0.492 e. The molecule has 1 aliphatic rings. The van der Waals surface area contributed by atoms with E-state index in [-0.39, 0.29) is 6.04 Å². The summed E-state index contributed by atoms with van der Waals surface area (Å²) in [5.74, 6) is 0.845. The van der Waals surface area contributed by atoms with Crippen molar-refractivity contribution in [1.29, 1.82) is 0 Å². The Morgan fingerprint density at radius 3 is 3.38 bits per heavy atom. The molecule has 4 heteroatoms. The number of nitrogens with zero attached hydrogens (tertiary/aromatic N) is 1. The molecule has 0 saturated carbocycles. The van der Waals surface area contributed by atoms with Gasteiger partial charge in [-0.3, -0.25) is 0 Å². The second-order valence-corrected chi connectivity index (χ2v) is 3.40. The van der Waals surface area contributed by atoms with Gasteiger partial charge in [0.2, 0.25) is 0 Å². The second-order valence-electron chi connectivity index (χ2n) is 3.04. The van der Waals surface area contributed by atoms with Crippen molar-refractivity contribution in [2.24, 2.45) is 0 Å². The molecule has 2 heterocycles. The number of halogens is 1. The van der Waals surface area contributed by atoms with Gasteiger partial charge in [-0.25, -0.2) is 4.98 Å². The maximum absolute atomic E-state index is 5.98. The van der Waals surface area contributed by atoms with Crippen molar-refractivity contribution >= 4 is 11.6 Å². The molecule has 0 amide bonds. The SMILES string of the molecule is CC1NCCOc2ccnc(Cl)c21. The molecule has 1 aromatic rings. The summed E-state index contributed by atoms with van der Waals surface area (Å²) in [6, 6.07) is 2.06. The zero-order valence-electron chi connectivity index (χ0n) is 7.38. The van der Waals surface area contributed by atoms with Gasteiger partial charge < -0.3 is 10.1 Å². The average molecular weight is 199 g/mol. The van der Waals surface area contributed by atoms with Gasteiger partial charge in [0, 0.05) is 24.3 Å². The van der Waals surface area contributed by atoms with Crippen molar-refractivity contribution < 1.29 is 4.74 Å². The van der Waals surface area contributed by atoms with Crippen LogP contribution in [0.15, 0.2) is 12.3 Å². The fraction of sp³-hybridized carbons (Fsp3) is 0.444. The van der Waals surface area contributed by atoms with E-state index in [1.54, 1.807) is 6.20 Å².